The fraction of sp³-hybridized carbons (Fsp3) is 0.895. The van der Waals surface area contributed by atoms with Crippen molar-refractivity contribution in [2.75, 3.05) is 13.2 Å². The van der Waals surface area contributed by atoms with Crippen LogP contribution in [0.1, 0.15) is 71.1 Å². The van der Waals surface area contributed by atoms with Gasteiger partial charge < -0.3 is 9.47 Å². The molecule has 0 unspecified atom stereocenters. The zero-order valence-electron chi connectivity index (χ0n) is 17.2. The predicted molar refractivity (Wildman–Crippen MR) is 94.6 cm³/mol. The molecule has 4 nitrogen and oxygen atoms in total. The lowest BCUT2D eigenvalue weighted by Gasteiger charge is -2.31. The van der Waals surface area contributed by atoms with Gasteiger partial charge in [-0.2, -0.15) is 26.3 Å². The maximum atomic E-state index is 13.2. The lowest BCUT2D eigenvalue weighted by atomic mass is 10.1. The molecule has 0 aliphatic carbocycles. The third-order valence-corrected chi connectivity index (χ3v) is 4.34. The van der Waals surface area contributed by atoms with Gasteiger partial charge in [0.25, 0.3) is 0 Å². The van der Waals surface area contributed by atoms with Crippen LogP contribution in [0.3, 0.4) is 0 Å². The molecule has 0 aromatic carbocycles. The van der Waals surface area contributed by atoms with Crippen molar-refractivity contribution in [1.82, 2.24) is 0 Å². The molecule has 0 aromatic rings. The van der Waals surface area contributed by atoms with Crippen molar-refractivity contribution in [1.29, 1.82) is 0 Å². The van der Waals surface area contributed by atoms with Crippen LogP contribution in [0.5, 0.6) is 0 Å². The second kappa shape index (κ2) is 13.7. The summed E-state index contributed by atoms with van der Waals surface area (Å²) >= 11 is 0. The number of esters is 2. The molecule has 0 spiro atoms. The van der Waals surface area contributed by atoms with E-state index in [0.717, 1.165) is 32.1 Å². The van der Waals surface area contributed by atoms with Crippen molar-refractivity contribution in [3.8, 4) is 0 Å². The molecule has 184 valence electrons. The summed E-state index contributed by atoms with van der Waals surface area (Å²) in [5, 5.41) is 0. The van der Waals surface area contributed by atoms with E-state index in [1.54, 1.807) is 0 Å². The fourth-order valence-corrected chi connectivity index (χ4v) is 2.41. The summed E-state index contributed by atoms with van der Waals surface area (Å²) in [5.41, 5.74) is 0. The van der Waals surface area contributed by atoms with Crippen molar-refractivity contribution in [3.63, 3.8) is 0 Å². The first-order chi connectivity index (χ1) is 14.3. The monoisotopic (exact) mass is 472 g/mol. The van der Waals surface area contributed by atoms with Gasteiger partial charge in [0.05, 0.1) is 6.61 Å². The van der Waals surface area contributed by atoms with Gasteiger partial charge in [-0.15, -0.1) is 0 Å². The average molecular weight is 472 g/mol. The fourth-order valence-electron chi connectivity index (χ4n) is 2.41. The molecule has 0 rings (SSSR count). The SMILES string of the molecule is CCCCCCCCCOC(=O)CCCC(=O)OCC(F)(F)C(F)(F)C(F)(F)C(F)F. The van der Waals surface area contributed by atoms with Gasteiger partial charge in [0, 0.05) is 12.8 Å². The highest BCUT2D eigenvalue weighted by molar-refractivity contribution is 5.72. The van der Waals surface area contributed by atoms with E-state index in [1.165, 1.54) is 6.42 Å². The number of rotatable bonds is 17. The third-order valence-electron chi connectivity index (χ3n) is 4.34. The van der Waals surface area contributed by atoms with E-state index >= 15 is 0 Å². The minimum absolute atomic E-state index is 0.177. The number of hydrogen-bond donors (Lipinski definition) is 0. The van der Waals surface area contributed by atoms with Crippen molar-refractivity contribution in [2.45, 2.75) is 95.3 Å². The highest BCUT2D eigenvalue weighted by Crippen LogP contribution is 2.48. The molecule has 0 aliphatic rings. The quantitative estimate of drug-likeness (QED) is 0.144. The molecule has 0 aromatic heterocycles. The summed E-state index contributed by atoms with van der Waals surface area (Å²) in [7, 11) is 0. The van der Waals surface area contributed by atoms with E-state index in [1.807, 2.05) is 0 Å². The summed E-state index contributed by atoms with van der Waals surface area (Å²) < 4.78 is 111. The van der Waals surface area contributed by atoms with E-state index in [0.29, 0.717) is 6.42 Å². The lowest BCUT2D eigenvalue weighted by molar-refractivity contribution is -0.344. The van der Waals surface area contributed by atoms with E-state index in [4.69, 9.17) is 4.74 Å². The molecule has 0 atom stereocenters. The van der Waals surface area contributed by atoms with Gasteiger partial charge in [0.15, 0.2) is 6.61 Å². The van der Waals surface area contributed by atoms with Crippen molar-refractivity contribution in [3.05, 3.63) is 0 Å². The molecule has 0 radical (unpaired) electrons. The van der Waals surface area contributed by atoms with Gasteiger partial charge in [-0.1, -0.05) is 45.4 Å². The van der Waals surface area contributed by atoms with E-state index in [2.05, 4.69) is 11.7 Å². The molecular formula is C19H28F8O4. The van der Waals surface area contributed by atoms with Gasteiger partial charge in [-0.25, -0.2) is 8.78 Å². The van der Waals surface area contributed by atoms with Crippen LogP contribution in [0.4, 0.5) is 35.1 Å². The van der Waals surface area contributed by atoms with Crippen LogP contribution in [-0.2, 0) is 19.1 Å². The summed E-state index contributed by atoms with van der Waals surface area (Å²) in [5.74, 6) is -20.6. The predicted octanol–water partition coefficient (Wildman–Crippen LogP) is 6.16. The van der Waals surface area contributed by atoms with E-state index in [-0.39, 0.29) is 19.4 Å². The maximum Gasteiger partial charge on any atom is 0.381 e. The van der Waals surface area contributed by atoms with Crippen LogP contribution in [0.25, 0.3) is 0 Å². The Bertz CT molecular complexity index is 541. The highest BCUT2D eigenvalue weighted by Gasteiger charge is 2.75. The molecule has 0 heterocycles. The van der Waals surface area contributed by atoms with Crippen LogP contribution in [0.15, 0.2) is 0 Å². The minimum Gasteiger partial charge on any atom is -0.466 e. The standard InChI is InChI=1S/C19H28F8O4/c1-2-3-4-5-6-7-8-12-30-14(28)10-9-11-15(29)31-13-17(22,23)19(26,27)18(24,25)16(20)21/h16H,2-13H2,1H3. The summed E-state index contributed by atoms with van der Waals surface area (Å²) in [4.78, 5) is 22.8. The number of carbonyl (C=O) groups is 2. The second-order valence-corrected chi connectivity index (χ2v) is 7.06. The molecule has 0 amide bonds. The molecule has 0 aliphatic heterocycles. The Hall–Kier alpha value is -1.62. The molecule has 0 fully saturated rings. The average Bonchev–Trinajstić information content (AvgIpc) is 2.68. The van der Waals surface area contributed by atoms with Gasteiger partial charge in [-0.3, -0.25) is 9.59 Å². The van der Waals surface area contributed by atoms with Crippen LogP contribution in [0.2, 0.25) is 0 Å². The van der Waals surface area contributed by atoms with Crippen molar-refractivity contribution >= 4 is 11.9 Å². The number of hydrogen-bond acceptors (Lipinski definition) is 4. The van der Waals surface area contributed by atoms with Crippen LogP contribution >= 0.6 is 0 Å². The molecule has 31 heavy (non-hydrogen) atoms. The molecule has 12 heteroatoms. The van der Waals surface area contributed by atoms with Gasteiger partial charge in [0.1, 0.15) is 0 Å². The van der Waals surface area contributed by atoms with Gasteiger partial charge in [-0.05, 0) is 12.8 Å². The smallest absolute Gasteiger partial charge is 0.381 e. The number of unbranched alkanes of at least 4 members (excludes halogenated alkanes) is 6. The largest absolute Gasteiger partial charge is 0.466 e. The van der Waals surface area contributed by atoms with Crippen molar-refractivity contribution in [2.24, 2.45) is 0 Å². The van der Waals surface area contributed by atoms with Crippen molar-refractivity contribution < 1.29 is 54.2 Å². The molecule has 0 bridgehead atoms. The summed E-state index contributed by atoms with van der Waals surface area (Å²) in [6, 6.07) is 0. The Balaban J connectivity index is 4.10. The third kappa shape index (κ3) is 10.0. The molecule has 0 saturated carbocycles. The number of alkyl halides is 8. The Morgan fingerprint density at radius 2 is 1.23 bits per heavy atom. The van der Waals surface area contributed by atoms with Crippen LogP contribution in [0, 0.1) is 0 Å². The zero-order valence-corrected chi connectivity index (χ0v) is 17.2. The maximum absolute atomic E-state index is 13.2. The Kier molecular flexibility index (Phi) is 13.0. The minimum atomic E-state index is -6.44. The molecular weight excluding hydrogens is 444 g/mol. The zero-order chi connectivity index (χ0) is 24.1. The van der Waals surface area contributed by atoms with Gasteiger partial charge >= 0.3 is 36.1 Å². The topological polar surface area (TPSA) is 52.6 Å². The number of ether oxygens (including phenoxy) is 2. The number of carbonyl (C=O) groups excluding carboxylic acids is 2. The van der Waals surface area contributed by atoms with Crippen LogP contribution < -0.4 is 0 Å². The Morgan fingerprint density at radius 1 is 0.742 bits per heavy atom. The molecule has 0 saturated heterocycles. The summed E-state index contributed by atoms with van der Waals surface area (Å²) in [6.07, 6.45) is 0.893. The highest BCUT2D eigenvalue weighted by atomic mass is 19.4. The summed E-state index contributed by atoms with van der Waals surface area (Å²) in [6.45, 7) is -0.231. The van der Waals surface area contributed by atoms with Gasteiger partial charge in [0.2, 0.25) is 0 Å². The number of halogens is 8. The first-order valence-electron chi connectivity index (χ1n) is 10.0. The Morgan fingerprint density at radius 3 is 1.74 bits per heavy atom. The molecule has 0 N–H and O–H groups in total. The lowest BCUT2D eigenvalue weighted by Crippen LogP contribution is -2.59. The first kappa shape index (κ1) is 29.4. The van der Waals surface area contributed by atoms with E-state index in [9.17, 15) is 44.7 Å². The normalized spacial score (nSPS) is 12.8. The van der Waals surface area contributed by atoms with E-state index < -0.39 is 49.2 Å². The van der Waals surface area contributed by atoms with Crippen LogP contribution in [-0.4, -0.2) is 49.3 Å². The second-order valence-electron chi connectivity index (χ2n) is 7.06. The first-order valence-corrected chi connectivity index (χ1v) is 10.0. The Labute approximate surface area is 175 Å².